The topological polar surface area (TPSA) is 45.8 Å². The van der Waals surface area contributed by atoms with E-state index in [-0.39, 0.29) is 5.69 Å². The van der Waals surface area contributed by atoms with E-state index in [0.29, 0.717) is 0 Å². The minimum atomic E-state index is -0.241. The van der Waals surface area contributed by atoms with Gasteiger partial charge in [-0.2, -0.15) is 4.98 Å². The van der Waals surface area contributed by atoms with Crippen LogP contribution < -0.4 is 5.69 Å². The van der Waals surface area contributed by atoms with E-state index in [1.165, 1.54) is 5.56 Å². The van der Waals surface area contributed by atoms with Gasteiger partial charge in [0.1, 0.15) is 5.03 Å². The summed E-state index contributed by atoms with van der Waals surface area (Å²) in [5.41, 5.74) is 3.18. The maximum Gasteiger partial charge on any atom is 0.346 e. The fraction of sp³-hybridized carbons (Fsp3) is 0.286. The summed E-state index contributed by atoms with van der Waals surface area (Å²) in [7, 11) is 0. The van der Waals surface area contributed by atoms with Crippen LogP contribution in [0.15, 0.2) is 34.1 Å². The Hall–Kier alpha value is -1.26. The van der Waals surface area contributed by atoms with Crippen molar-refractivity contribution in [3.05, 3.63) is 56.6 Å². The smallest absolute Gasteiger partial charge is 0.309 e. The molecule has 0 fully saturated rings. The number of aromatic nitrogens is 2. The third-order valence-corrected chi connectivity index (χ3v) is 4.53. The molecule has 3 rings (SSSR count). The molecule has 1 aromatic heterocycles. The highest BCUT2D eigenvalue weighted by molar-refractivity contribution is 7.98. The zero-order valence-electron chi connectivity index (χ0n) is 10.3. The van der Waals surface area contributed by atoms with Crippen molar-refractivity contribution in [3.8, 4) is 0 Å². The van der Waals surface area contributed by atoms with Gasteiger partial charge in [-0.05, 0) is 37.0 Å². The van der Waals surface area contributed by atoms with Gasteiger partial charge >= 0.3 is 5.69 Å². The quantitative estimate of drug-likeness (QED) is 0.698. The normalized spacial score (nSPS) is 13.5. The summed E-state index contributed by atoms with van der Waals surface area (Å²) in [6.07, 6.45) is 3.07. The van der Waals surface area contributed by atoms with E-state index >= 15 is 0 Å². The summed E-state index contributed by atoms with van der Waals surface area (Å²) in [4.78, 5) is 18.4. The van der Waals surface area contributed by atoms with Crippen LogP contribution in [0, 0.1) is 0 Å². The average molecular weight is 293 g/mol. The first-order valence-electron chi connectivity index (χ1n) is 6.22. The van der Waals surface area contributed by atoms with Crippen molar-refractivity contribution in [3.63, 3.8) is 0 Å². The number of fused-ring (bicyclic) bond motifs is 1. The number of hydrogen-bond donors (Lipinski definition) is 1. The largest absolute Gasteiger partial charge is 0.346 e. The van der Waals surface area contributed by atoms with Gasteiger partial charge in [0.2, 0.25) is 0 Å². The van der Waals surface area contributed by atoms with Crippen molar-refractivity contribution in [2.24, 2.45) is 0 Å². The Labute approximate surface area is 120 Å². The van der Waals surface area contributed by atoms with Crippen LogP contribution in [0.25, 0.3) is 0 Å². The number of aryl methyl sites for hydroxylation is 1. The van der Waals surface area contributed by atoms with Gasteiger partial charge in [0, 0.05) is 22.0 Å². The Morgan fingerprint density at radius 2 is 2.26 bits per heavy atom. The van der Waals surface area contributed by atoms with Crippen molar-refractivity contribution >= 4 is 23.4 Å². The lowest BCUT2D eigenvalue weighted by Gasteiger charge is -2.06. The van der Waals surface area contributed by atoms with Crippen LogP contribution in [0.4, 0.5) is 0 Å². The summed E-state index contributed by atoms with van der Waals surface area (Å²) in [6, 6.07) is 7.78. The lowest BCUT2D eigenvalue weighted by molar-refractivity contribution is 0.895. The van der Waals surface area contributed by atoms with Gasteiger partial charge in [0.15, 0.2) is 0 Å². The molecule has 3 nitrogen and oxygen atoms in total. The highest BCUT2D eigenvalue weighted by Crippen LogP contribution is 2.30. The minimum absolute atomic E-state index is 0.241. The molecular weight excluding hydrogens is 280 g/mol. The molecule has 0 bridgehead atoms. The van der Waals surface area contributed by atoms with E-state index in [1.54, 1.807) is 11.8 Å². The number of halogens is 1. The maximum atomic E-state index is 11.5. The molecular formula is C14H13ClN2OS. The predicted octanol–water partition coefficient (Wildman–Crippen LogP) is 3.20. The molecule has 0 unspecified atom stereocenters. The second-order valence-corrected chi connectivity index (χ2v) is 5.98. The summed E-state index contributed by atoms with van der Waals surface area (Å²) >= 11 is 7.58. The molecule has 0 amide bonds. The number of aromatic amines is 1. The van der Waals surface area contributed by atoms with Crippen molar-refractivity contribution < 1.29 is 0 Å². The standard InChI is InChI=1S/C14H13ClN2OS/c15-10-4-1-3-9(7-10)8-19-13-11-5-2-6-12(11)16-14(18)17-13/h1,3-4,7H,2,5-6,8H2,(H,16,17,18). The van der Waals surface area contributed by atoms with E-state index < -0.39 is 0 Å². The molecule has 0 saturated heterocycles. The Kier molecular flexibility index (Phi) is 3.62. The minimum Gasteiger partial charge on any atom is -0.309 e. The first-order chi connectivity index (χ1) is 9.22. The van der Waals surface area contributed by atoms with Gasteiger partial charge in [-0.15, -0.1) is 11.8 Å². The summed E-state index contributed by atoms with van der Waals surface area (Å²) in [5.74, 6) is 0.781. The fourth-order valence-corrected chi connectivity index (χ4v) is 3.58. The van der Waals surface area contributed by atoms with E-state index in [1.807, 2.05) is 24.3 Å². The van der Waals surface area contributed by atoms with E-state index in [9.17, 15) is 4.79 Å². The molecule has 0 saturated carbocycles. The molecule has 19 heavy (non-hydrogen) atoms. The SMILES string of the molecule is O=c1nc(SCc2cccc(Cl)c2)c2c([nH]1)CCC2. The van der Waals surface area contributed by atoms with Crippen molar-refractivity contribution in [2.45, 2.75) is 30.0 Å². The average Bonchev–Trinajstić information content (AvgIpc) is 2.84. The molecule has 1 aliphatic rings. The zero-order chi connectivity index (χ0) is 13.2. The molecule has 98 valence electrons. The Balaban J connectivity index is 1.83. The second-order valence-electron chi connectivity index (χ2n) is 4.58. The summed E-state index contributed by atoms with van der Waals surface area (Å²) < 4.78 is 0. The Morgan fingerprint density at radius 1 is 1.37 bits per heavy atom. The van der Waals surface area contributed by atoms with E-state index in [2.05, 4.69) is 9.97 Å². The lowest BCUT2D eigenvalue weighted by Crippen LogP contribution is -2.14. The molecule has 1 aromatic carbocycles. The molecule has 5 heteroatoms. The summed E-state index contributed by atoms with van der Waals surface area (Å²) in [6.45, 7) is 0. The van der Waals surface area contributed by atoms with Crippen molar-refractivity contribution in [1.82, 2.24) is 9.97 Å². The molecule has 0 spiro atoms. The van der Waals surface area contributed by atoms with Crippen LogP contribution >= 0.6 is 23.4 Å². The van der Waals surface area contributed by atoms with E-state index in [4.69, 9.17) is 11.6 Å². The van der Waals surface area contributed by atoms with E-state index in [0.717, 1.165) is 46.3 Å². The van der Waals surface area contributed by atoms with Gasteiger partial charge in [0.25, 0.3) is 0 Å². The van der Waals surface area contributed by atoms with Crippen LogP contribution in [0.2, 0.25) is 5.02 Å². The monoisotopic (exact) mass is 292 g/mol. The van der Waals surface area contributed by atoms with Crippen LogP contribution in [-0.4, -0.2) is 9.97 Å². The van der Waals surface area contributed by atoms with Crippen molar-refractivity contribution in [1.29, 1.82) is 0 Å². The third-order valence-electron chi connectivity index (χ3n) is 3.20. The zero-order valence-corrected chi connectivity index (χ0v) is 11.9. The highest BCUT2D eigenvalue weighted by Gasteiger charge is 2.17. The maximum absolute atomic E-state index is 11.5. The fourth-order valence-electron chi connectivity index (χ4n) is 2.33. The van der Waals surface area contributed by atoms with Crippen LogP contribution in [-0.2, 0) is 18.6 Å². The first-order valence-corrected chi connectivity index (χ1v) is 7.58. The number of hydrogen-bond acceptors (Lipinski definition) is 3. The predicted molar refractivity (Wildman–Crippen MR) is 77.9 cm³/mol. The van der Waals surface area contributed by atoms with Crippen molar-refractivity contribution in [2.75, 3.05) is 0 Å². The van der Waals surface area contributed by atoms with Crippen LogP contribution in [0.5, 0.6) is 0 Å². The molecule has 1 N–H and O–H groups in total. The van der Waals surface area contributed by atoms with Gasteiger partial charge in [-0.1, -0.05) is 23.7 Å². The first kappa shape index (κ1) is 12.8. The Bertz CT molecular complexity index is 669. The molecule has 0 atom stereocenters. The summed E-state index contributed by atoms with van der Waals surface area (Å²) in [5, 5.41) is 1.61. The third kappa shape index (κ3) is 2.85. The number of rotatable bonds is 3. The van der Waals surface area contributed by atoms with Crippen LogP contribution in [0.3, 0.4) is 0 Å². The second kappa shape index (κ2) is 5.39. The number of benzene rings is 1. The molecule has 1 heterocycles. The van der Waals surface area contributed by atoms with Gasteiger partial charge in [-0.25, -0.2) is 4.79 Å². The number of H-pyrrole nitrogens is 1. The molecule has 2 aromatic rings. The number of nitrogens with one attached hydrogen (secondary N) is 1. The van der Waals surface area contributed by atoms with Gasteiger partial charge in [-0.3, -0.25) is 0 Å². The Morgan fingerprint density at radius 3 is 3.11 bits per heavy atom. The number of nitrogens with zero attached hydrogens (tertiary/aromatic N) is 1. The molecule has 0 radical (unpaired) electrons. The van der Waals surface area contributed by atoms with Crippen LogP contribution in [0.1, 0.15) is 23.2 Å². The molecule has 1 aliphatic carbocycles. The highest BCUT2D eigenvalue weighted by atomic mass is 35.5. The van der Waals surface area contributed by atoms with Gasteiger partial charge in [0.05, 0.1) is 0 Å². The number of thioether (sulfide) groups is 1. The van der Waals surface area contributed by atoms with Gasteiger partial charge < -0.3 is 4.98 Å². The lowest BCUT2D eigenvalue weighted by atomic mass is 10.2. The molecule has 0 aliphatic heterocycles.